The van der Waals surface area contributed by atoms with E-state index in [1.54, 1.807) is 0 Å². The SMILES string of the molecule is C1=CC2OOC1C1c3ccccc3C21. The van der Waals surface area contributed by atoms with Crippen LogP contribution in [-0.2, 0) is 9.78 Å². The van der Waals surface area contributed by atoms with Gasteiger partial charge in [-0.2, -0.15) is 0 Å². The van der Waals surface area contributed by atoms with Gasteiger partial charge >= 0.3 is 0 Å². The van der Waals surface area contributed by atoms with Crippen molar-refractivity contribution in [1.29, 1.82) is 0 Å². The molecular weight excluding hydrogens is 176 g/mol. The van der Waals surface area contributed by atoms with E-state index in [-0.39, 0.29) is 12.2 Å². The Morgan fingerprint density at radius 3 is 1.71 bits per heavy atom. The van der Waals surface area contributed by atoms with Crippen LogP contribution in [0.3, 0.4) is 0 Å². The predicted molar refractivity (Wildman–Crippen MR) is 50.8 cm³/mol. The fraction of sp³-hybridized carbons (Fsp3) is 0.333. The maximum atomic E-state index is 5.28. The quantitative estimate of drug-likeness (QED) is 0.456. The van der Waals surface area contributed by atoms with Gasteiger partial charge in [-0.3, -0.25) is 0 Å². The van der Waals surface area contributed by atoms with Crippen molar-refractivity contribution in [2.24, 2.45) is 0 Å². The van der Waals surface area contributed by atoms with Crippen molar-refractivity contribution < 1.29 is 9.78 Å². The van der Waals surface area contributed by atoms with E-state index in [2.05, 4.69) is 36.4 Å². The van der Waals surface area contributed by atoms with Crippen LogP contribution in [0, 0.1) is 0 Å². The van der Waals surface area contributed by atoms with Crippen LogP contribution in [0.2, 0.25) is 0 Å². The van der Waals surface area contributed by atoms with E-state index >= 15 is 0 Å². The second-order valence-electron chi connectivity index (χ2n) is 4.19. The molecule has 2 bridgehead atoms. The second-order valence-corrected chi connectivity index (χ2v) is 4.19. The molecule has 14 heavy (non-hydrogen) atoms. The standard InChI is InChI=1S/C12H10O2/c1-2-4-8-7(3-1)11-9-5-6-10(12(8)11)14-13-9/h1-6,9-12H. The van der Waals surface area contributed by atoms with Crippen LogP contribution in [-0.4, -0.2) is 12.2 Å². The lowest BCUT2D eigenvalue weighted by molar-refractivity contribution is -0.375. The van der Waals surface area contributed by atoms with Crippen LogP contribution in [0.25, 0.3) is 0 Å². The molecule has 4 atom stereocenters. The van der Waals surface area contributed by atoms with Crippen molar-refractivity contribution in [3.05, 3.63) is 47.5 Å². The Morgan fingerprint density at radius 1 is 0.786 bits per heavy atom. The van der Waals surface area contributed by atoms with Crippen LogP contribution < -0.4 is 0 Å². The third kappa shape index (κ3) is 0.668. The summed E-state index contributed by atoms with van der Waals surface area (Å²) in [6.45, 7) is 0. The number of hydrogen-bond donors (Lipinski definition) is 0. The lowest BCUT2D eigenvalue weighted by Gasteiger charge is -2.51. The summed E-state index contributed by atoms with van der Waals surface area (Å²) >= 11 is 0. The first-order valence-corrected chi connectivity index (χ1v) is 5.04. The first-order valence-electron chi connectivity index (χ1n) is 5.04. The minimum absolute atomic E-state index is 0.139. The van der Waals surface area contributed by atoms with Gasteiger partial charge in [0.2, 0.25) is 0 Å². The molecule has 0 amide bonds. The molecular formula is C12H10O2. The van der Waals surface area contributed by atoms with Gasteiger partial charge in [-0.1, -0.05) is 36.4 Å². The molecule has 0 radical (unpaired) electrons. The largest absolute Gasteiger partial charge is 0.228 e. The molecule has 4 unspecified atom stereocenters. The zero-order valence-electron chi connectivity index (χ0n) is 7.59. The molecule has 0 saturated carbocycles. The monoisotopic (exact) mass is 186 g/mol. The van der Waals surface area contributed by atoms with Crippen molar-refractivity contribution in [2.75, 3.05) is 0 Å². The molecule has 0 aromatic heterocycles. The third-order valence-electron chi connectivity index (χ3n) is 3.58. The van der Waals surface area contributed by atoms with Crippen LogP contribution in [0.1, 0.15) is 23.0 Å². The maximum Gasteiger partial charge on any atom is 0.119 e. The number of benzene rings is 1. The first kappa shape index (κ1) is 7.21. The fourth-order valence-electron chi connectivity index (χ4n) is 2.94. The molecule has 2 aliphatic carbocycles. The van der Waals surface area contributed by atoms with Crippen LogP contribution >= 0.6 is 0 Å². The molecule has 0 N–H and O–H groups in total. The molecule has 1 aromatic carbocycles. The van der Waals surface area contributed by atoms with Crippen molar-refractivity contribution in [3.63, 3.8) is 0 Å². The zero-order chi connectivity index (χ0) is 9.12. The van der Waals surface area contributed by atoms with E-state index in [0.717, 1.165) is 0 Å². The van der Waals surface area contributed by atoms with Crippen molar-refractivity contribution in [3.8, 4) is 0 Å². The minimum Gasteiger partial charge on any atom is -0.228 e. The highest BCUT2D eigenvalue weighted by atomic mass is 17.2. The summed E-state index contributed by atoms with van der Waals surface area (Å²) in [6.07, 6.45) is 4.54. The highest BCUT2D eigenvalue weighted by Gasteiger charge is 2.52. The van der Waals surface area contributed by atoms with Crippen molar-refractivity contribution in [1.82, 2.24) is 0 Å². The number of fused-ring (bicyclic) bond motifs is 2. The molecule has 0 spiro atoms. The Bertz CT molecular complexity index is 385. The van der Waals surface area contributed by atoms with Gasteiger partial charge < -0.3 is 0 Å². The Balaban J connectivity index is 1.90. The third-order valence-corrected chi connectivity index (χ3v) is 3.58. The van der Waals surface area contributed by atoms with Crippen LogP contribution in [0.4, 0.5) is 0 Å². The van der Waals surface area contributed by atoms with E-state index in [9.17, 15) is 0 Å². The molecule has 2 nitrogen and oxygen atoms in total. The van der Waals surface area contributed by atoms with Gasteiger partial charge in [0.05, 0.1) is 0 Å². The summed E-state index contributed by atoms with van der Waals surface area (Å²) in [6, 6.07) is 8.60. The highest BCUT2D eigenvalue weighted by molar-refractivity contribution is 5.50. The van der Waals surface area contributed by atoms with Gasteiger partial charge in [0, 0.05) is 11.8 Å². The summed E-state index contributed by atoms with van der Waals surface area (Å²) in [5.74, 6) is 1.07. The van der Waals surface area contributed by atoms with Gasteiger partial charge in [-0.25, -0.2) is 9.78 Å². The molecule has 1 saturated heterocycles. The summed E-state index contributed by atoms with van der Waals surface area (Å²) < 4.78 is 0. The first-order chi connectivity index (χ1) is 6.95. The Labute approximate surface area is 82.1 Å². The van der Waals surface area contributed by atoms with Gasteiger partial charge in [0.15, 0.2) is 0 Å². The Hall–Kier alpha value is -1.12. The van der Waals surface area contributed by atoms with Crippen molar-refractivity contribution in [2.45, 2.75) is 24.0 Å². The van der Waals surface area contributed by atoms with E-state index in [1.165, 1.54) is 11.1 Å². The predicted octanol–water partition coefficient (Wildman–Crippen LogP) is 2.14. The molecule has 2 heterocycles. The smallest absolute Gasteiger partial charge is 0.119 e. The van der Waals surface area contributed by atoms with E-state index in [4.69, 9.17) is 9.78 Å². The fourth-order valence-corrected chi connectivity index (χ4v) is 2.94. The highest BCUT2D eigenvalue weighted by Crippen LogP contribution is 2.56. The summed E-state index contributed by atoms with van der Waals surface area (Å²) in [7, 11) is 0. The normalized spacial score (nSPS) is 41.4. The Morgan fingerprint density at radius 2 is 1.29 bits per heavy atom. The summed E-state index contributed by atoms with van der Waals surface area (Å²) in [5.41, 5.74) is 2.89. The topological polar surface area (TPSA) is 18.5 Å². The summed E-state index contributed by atoms with van der Waals surface area (Å²) in [4.78, 5) is 10.6. The van der Waals surface area contributed by atoms with E-state index in [1.807, 2.05) is 0 Å². The maximum absolute atomic E-state index is 5.28. The molecule has 5 rings (SSSR count). The lowest BCUT2D eigenvalue weighted by Crippen LogP contribution is -2.48. The molecule has 1 aromatic rings. The molecule has 2 heteroatoms. The second kappa shape index (κ2) is 2.27. The molecule has 2 aliphatic heterocycles. The Kier molecular flexibility index (Phi) is 1.17. The average Bonchev–Trinajstić information content (AvgIpc) is 2.25. The van der Waals surface area contributed by atoms with Crippen molar-refractivity contribution >= 4 is 0 Å². The lowest BCUT2D eigenvalue weighted by atomic mass is 9.60. The van der Waals surface area contributed by atoms with Gasteiger partial charge in [0.25, 0.3) is 0 Å². The molecule has 4 aliphatic rings. The van der Waals surface area contributed by atoms with Crippen LogP contribution in [0.15, 0.2) is 36.4 Å². The average molecular weight is 186 g/mol. The molecule has 70 valence electrons. The van der Waals surface area contributed by atoms with Gasteiger partial charge in [-0.05, 0) is 11.1 Å². The zero-order valence-corrected chi connectivity index (χ0v) is 7.59. The summed E-state index contributed by atoms with van der Waals surface area (Å²) in [5, 5.41) is 0. The number of hydrogen-bond acceptors (Lipinski definition) is 2. The van der Waals surface area contributed by atoms with Crippen LogP contribution in [0.5, 0.6) is 0 Å². The van der Waals surface area contributed by atoms with E-state index < -0.39 is 0 Å². The van der Waals surface area contributed by atoms with Gasteiger partial charge in [-0.15, -0.1) is 0 Å². The minimum atomic E-state index is 0.139. The number of rotatable bonds is 0. The van der Waals surface area contributed by atoms with Gasteiger partial charge in [0.1, 0.15) is 12.2 Å². The van der Waals surface area contributed by atoms with E-state index in [0.29, 0.717) is 11.8 Å². The molecule has 1 fully saturated rings.